The van der Waals surface area contributed by atoms with Gasteiger partial charge in [0.25, 0.3) is 0 Å². The Morgan fingerprint density at radius 3 is 3.00 bits per heavy atom. The Balaban J connectivity index is 1.57. The number of carbonyl (C=O) groups is 1. The minimum Gasteiger partial charge on any atom is -0.339 e. The van der Waals surface area contributed by atoms with Gasteiger partial charge in [-0.2, -0.15) is 4.98 Å². The minimum absolute atomic E-state index is 0.0872. The lowest BCUT2D eigenvalue weighted by Crippen LogP contribution is -2.13. The first-order valence-corrected chi connectivity index (χ1v) is 7.99. The van der Waals surface area contributed by atoms with E-state index >= 15 is 0 Å². The highest BCUT2D eigenvalue weighted by Crippen LogP contribution is 2.22. The van der Waals surface area contributed by atoms with Crippen molar-refractivity contribution in [2.24, 2.45) is 0 Å². The highest BCUT2D eigenvalue weighted by atomic mass is 35.5. The number of nitrogens with zero attached hydrogens (tertiary/aromatic N) is 2. The summed E-state index contributed by atoms with van der Waals surface area (Å²) in [6.45, 7) is 0. The summed E-state index contributed by atoms with van der Waals surface area (Å²) in [7, 11) is 0. The number of hydrogen-bond acceptors (Lipinski definition) is 5. The molecule has 3 rings (SSSR count). The molecule has 2 heterocycles. The fourth-order valence-electron chi connectivity index (χ4n) is 1.89. The van der Waals surface area contributed by atoms with Crippen LogP contribution in [0.3, 0.4) is 0 Å². The summed E-state index contributed by atoms with van der Waals surface area (Å²) in [5.41, 5.74) is 0.0872. The summed E-state index contributed by atoms with van der Waals surface area (Å²) in [4.78, 5) is 17.0. The van der Waals surface area contributed by atoms with Crippen molar-refractivity contribution < 1.29 is 13.7 Å². The second kappa shape index (κ2) is 6.89. The topological polar surface area (TPSA) is 68.0 Å². The zero-order valence-corrected chi connectivity index (χ0v) is 13.3. The van der Waals surface area contributed by atoms with E-state index in [-0.39, 0.29) is 29.5 Å². The summed E-state index contributed by atoms with van der Waals surface area (Å²) in [5, 5.41) is 8.53. The van der Waals surface area contributed by atoms with Crippen LogP contribution < -0.4 is 5.32 Å². The molecular weight excluding hydrogens is 341 g/mol. The predicted octanol–water partition coefficient (Wildman–Crippen LogP) is 4.16. The maximum atomic E-state index is 13.6. The molecule has 23 heavy (non-hydrogen) atoms. The molecule has 0 bridgehead atoms. The molecule has 0 aliphatic carbocycles. The Morgan fingerprint density at radius 1 is 1.39 bits per heavy atom. The number of thiophene rings is 1. The van der Waals surface area contributed by atoms with Crippen molar-refractivity contribution in [1.82, 2.24) is 10.1 Å². The van der Waals surface area contributed by atoms with Gasteiger partial charge in [-0.25, -0.2) is 4.39 Å². The largest absolute Gasteiger partial charge is 0.339 e. The fraction of sp³-hybridized carbons (Fsp3) is 0.133. The smallest absolute Gasteiger partial charge is 0.227 e. The predicted molar refractivity (Wildman–Crippen MR) is 86.0 cm³/mol. The molecule has 5 nitrogen and oxygen atoms in total. The Bertz CT molecular complexity index is 820. The van der Waals surface area contributed by atoms with Gasteiger partial charge in [0.15, 0.2) is 0 Å². The zero-order chi connectivity index (χ0) is 16.2. The van der Waals surface area contributed by atoms with Crippen molar-refractivity contribution in [1.29, 1.82) is 0 Å². The van der Waals surface area contributed by atoms with Gasteiger partial charge in [-0.1, -0.05) is 22.8 Å². The molecule has 0 aliphatic heterocycles. The number of rotatable bonds is 5. The van der Waals surface area contributed by atoms with E-state index in [9.17, 15) is 9.18 Å². The van der Waals surface area contributed by atoms with Gasteiger partial charge < -0.3 is 9.84 Å². The lowest BCUT2D eigenvalue weighted by atomic mass is 10.2. The Labute approximate surface area is 140 Å². The van der Waals surface area contributed by atoms with E-state index in [1.54, 1.807) is 0 Å². The molecule has 0 saturated carbocycles. The lowest BCUT2D eigenvalue weighted by Gasteiger charge is -2.05. The van der Waals surface area contributed by atoms with Gasteiger partial charge in [0.2, 0.25) is 17.6 Å². The molecule has 2 aromatic heterocycles. The first kappa shape index (κ1) is 15.6. The Hall–Kier alpha value is -2.25. The molecule has 118 valence electrons. The van der Waals surface area contributed by atoms with E-state index < -0.39 is 5.82 Å². The molecule has 0 atom stereocenters. The van der Waals surface area contributed by atoms with E-state index in [0.717, 1.165) is 10.9 Å². The summed E-state index contributed by atoms with van der Waals surface area (Å²) < 4.78 is 18.7. The molecule has 0 spiro atoms. The molecule has 0 radical (unpaired) electrons. The first-order chi connectivity index (χ1) is 11.1. The van der Waals surface area contributed by atoms with Crippen molar-refractivity contribution in [3.05, 3.63) is 52.4 Å². The third-order valence-electron chi connectivity index (χ3n) is 2.98. The van der Waals surface area contributed by atoms with E-state index in [1.807, 2.05) is 17.5 Å². The average molecular weight is 352 g/mol. The molecule has 1 N–H and O–H groups in total. The van der Waals surface area contributed by atoms with Crippen LogP contribution in [-0.4, -0.2) is 16.0 Å². The zero-order valence-electron chi connectivity index (χ0n) is 11.8. The Morgan fingerprint density at radius 2 is 2.26 bits per heavy atom. The number of aryl methyl sites for hydroxylation is 1. The van der Waals surface area contributed by atoms with Crippen molar-refractivity contribution >= 4 is 34.5 Å². The lowest BCUT2D eigenvalue weighted by molar-refractivity contribution is -0.116. The quantitative estimate of drug-likeness (QED) is 0.749. The number of nitrogens with one attached hydrogen (secondary N) is 1. The average Bonchev–Trinajstić information content (AvgIpc) is 3.18. The maximum Gasteiger partial charge on any atom is 0.227 e. The van der Waals surface area contributed by atoms with Crippen LogP contribution in [0.15, 0.2) is 40.2 Å². The van der Waals surface area contributed by atoms with Crippen LogP contribution in [0, 0.1) is 5.82 Å². The van der Waals surface area contributed by atoms with Crippen molar-refractivity contribution in [2.45, 2.75) is 12.8 Å². The highest BCUT2D eigenvalue weighted by molar-refractivity contribution is 7.13. The number of halogens is 2. The van der Waals surface area contributed by atoms with Gasteiger partial charge in [-0.05, 0) is 29.6 Å². The molecule has 1 amide bonds. The molecule has 8 heteroatoms. The van der Waals surface area contributed by atoms with Gasteiger partial charge in [0, 0.05) is 17.9 Å². The summed E-state index contributed by atoms with van der Waals surface area (Å²) in [6, 6.07) is 7.84. The standard InChI is InChI=1S/C15H11ClFN3O2S/c16-9-3-4-11(10(17)8-9)18-13(21)5-6-14-19-15(20-22-14)12-2-1-7-23-12/h1-4,7-8H,5-6H2,(H,18,21). The van der Waals surface area contributed by atoms with E-state index in [1.165, 1.54) is 23.5 Å². The number of benzene rings is 1. The number of hydrogen-bond donors (Lipinski definition) is 1. The van der Waals surface area contributed by atoms with E-state index in [0.29, 0.717) is 11.7 Å². The molecule has 0 fully saturated rings. The van der Waals surface area contributed by atoms with Crippen LogP contribution in [0.25, 0.3) is 10.7 Å². The second-order valence-corrected chi connectivity index (χ2v) is 6.05. The molecule has 1 aromatic carbocycles. The van der Waals surface area contributed by atoms with Crippen LogP contribution in [0.2, 0.25) is 5.02 Å². The molecule has 0 aliphatic rings. The van der Waals surface area contributed by atoms with Crippen molar-refractivity contribution in [2.75, 3.05) is 5.32 Å². The van der Waals surface area contributed by atoms with E-state index in [4.69, 9.17) is 16.1 Å². The highest BCUT2D eigenvalue weighted by Gasteiger charge is 2.12. The third-order valence-corrected chi connectivity index (χ3v) is 4.08. The van der Waals surface area contributed by atoms with Crippen LogP contribution in [0.1, 0.15) is 12.3 Å². The number of carbonyl (C=O) groups excluding carboxylic acids is 1. The summed E-state index contributed by atoms with van der Waals surface area (Å²) in [5.74, 6) is -0.0648. The fourth-order valence-corrected chi connectivity index (χ4v) is 2.69. The second-order valence-electron chi connectivity index (χ2n) is 4.66. The monoisotopic (exact) mass is 351 g/mol. The Kier molecular flexibility index (Phi) is 4.68. The van der Waals surface area contributed by atoms with Gasteiger partial charge >= 0.3 is 0 Å². The number of anilines is 1. The van der Waals surface area contributed by atoms with Gasteiger partial charge in [0.05, 0.1) is 10.6 Å². The molecular formula is C15H11ClFN3O2S. The van der Waals surface area contributed by atoms with Crippen LogP contribution in [0.5, 0.6) is 0 Å². The van der Waals surface area contributed by atoms with Crippen molar-refractivity contribution in [3.8, 4) is 10.7 Å². The number of aromatic nitrogens is 2. The van der Waals surface area contributed by atoms with Crippen molar-refractivity contribution in [3.63, 3.8) is 0 Å². The number of amides is 1. The molecule has 3 aromatic rings. The van der Waals surface area contributed by atoms with Gasteiger partial charge in [0.1, 0.15) is 5.82 Å². The molecule has 0 saturated heterocycles. The summed E-state index contributed by atoms with van der Waals surface area (Å²) >= 11 is 7.16. The van der Waals surface area contributed by atoms with Crippen LogP contribution in [-0.2, 0) is 11.2 Å². The molecule has 0 unspecified atom stereocenters. The van der Waals surface area contributed by atoms with Crippen LogP contribution >= 0.6 is 22.9 Å². The summed E-state index contributed by atoms with van der Waals surface area (Å²) in [6.07, 6.45) is 0.382. The van der Waals surface area contributed by atoms with Gasteiger partial charge in [-0.15, -0.1) is 11.3 Å². The minimum atomic E-state index is -0.580. The maximum absolute atomic E-state index is 13.6. The SMILES string of the molecule is O=C(CCc1nc(-c2cccs2)no1)Nc1ccc(Cl)cc1F. The van der Waals surface area contributed by atoms with Gasteiger partial charge in [-0.3, -0.25) is 4.79 Å². The third kappa shape index (κ3) is 3.94. The van der Waals surface area contributed by atoms with E-state index in [2.05, 4.69) is 15.5 Å². The first-order valence-electron chi connectivity index (χ1n) is 6.73. The van der Waals surface area contributed by atoms with Crippen LogP contribution in [0.4, 0.5) is 10.1 Å². The normalized spacial score (nSPS) is 10.7.